The van der Waals surface area contributed by atoms with Crippen molar-refractivity contribution in [1.82, 2.24) is 15.1 Å². The quantitative estimate of drug-likeness (QED) is 0.617. The zero-order valence-corrected chi connectivity index (χ0v) is 19.1. The molecule has 0 spiro atoms. The molecule has 9 heteroatoms. The normalized spacial score (nSPS) is 17.7. The van der Waals surface area contributed by atoms with Gasteiger partial charge in [-0.05, 0) is 55.0 Å². The number of carbonyl (C=O) groups excluding carboxylic acids is 2. The Morgan fingerprint density at radius 1 is 1.15 bits per heavy atom. The summed E-state index contributed by atoms with van der Waals surface area (Å²) in [6, 6.07) is 11.5. The van der Waals surface area contributed by atoms with Gasteiger partial charge in [0.25, 0.3) is 5.91 Å². The predicted octanol–water partition coefficient (Wildman–Crippen LogP) is 3.90. The molecule has 0 aromatic heterocycles. The molecule has 2 aromatic rings. The molecule has 2 aromatic carbocycles. The lowest BCUT2D eigenvalue weighted by atomic mass is 10.0. The van der Waals surface area contributed by atoms with E-state index in [2.05, 4.69) is 16.8 Å². The van der Waals surface area contributed by atoms with E-state index in [-0.39, 0.29) is 17.9 Å². The second kappa shape index (κ2) is 10.7. The van der Waals surface area contributed by atoms with Crippen molar-refractivity contribution in [2.24, 2.45) is 0 Å². The van der Waals surface area contributed by atoms with Gasteiger partial charge in [0.05, 0.1) is 5.56 Å². The highest BCUT2D eigenvalue weighted by Crippen LogP contribution is 2.31. The van der Waals surface area contributed by atoms with Gasteiger partial charge in [-0.1, -0.05) is 18.7 Å². The lowest BCUT2D eigenvalue weighted by Gasteiger charge is -2.40. The first-order valence-electron chi connectivity index (χ1n) is 10.9. The molecule has 2 atom stereocenters. The van der Waals surface area contributed by atoms with Crippen LogP contribution in [0, 0.1) is 0 Å². The molecule has 0 bridgehead atoms. The Hall–Kier alpha value is -3.33. The highest BCUT2D eigenvalue weighted by molar-refractivity contribution is 5.94. The summed E-state index contributed by atoms with van der Waals surface area (Å²) in [4.78, 5) is 27.7. The summed E-state index contributed by atoms with van der Waals surface area (Å²) in [6.07, 6.45) is -3.68. The van der Waals surface area contributed by atoms with Crippen LogP contribution in [0.4, 0.5) is 13.2 Å². The molecule has 6 nitrogen and oxygen atoms in total. The molecule has 182 valence electrons. The van der Waals surface area contributed by atoms with Gasteiger partial charge in [0.1, 0.15) is 11.9 Å². The van der Waals surface area contributed by atoms with E-state index in [1.165, 1.54) is 25.3 Å². The summed E-state index contributed by atoms with van der Waals surface area (Å²) in [6.45, 7) is 7.61. The lowest BCUT2D eigenvalue weighted by Crippen LogP contribution is -2.54. The molecule has 1 aliphatic rings. The van der Waals surface area contributed by atoms with Crippen molar-refractivity contribution in [2.45, 2.75) is 25.2 Å². The summed E-state index contributed by atoms with van der Waals surface area (Å²) in [7, 11) is 1.54. The van der Waals surface area contributed by atoms with Crippen LogP contribution >= 0.6 is 0 Å². The third-order valence-corrected chi connectivity index (χ3v) is 5.83. The number of alkyl halides is 3. The summed E-state index contributed by atoms with van der Waals surface area (Å²) in [5, 5.41) is 2.55. The van der Waals surface area contributed by atoms with E-state index >= 15 is 0 Å². The molecule has 3 rings (SSSR count). The van der Waals surface area contributed by atoms with E-state index in [1.54, 1.807) is 29.2 Å². The van der Waals surface area contributed by atoms with Crippen molar-refractivity contribution in [3.05, 3.63) is 77.9 Å². The van der Waals surface area contributed by atoms with Gasteiger partial charge in [-0.25, -0.2) is 0 Å². The number of nitrogens with zero attached hydrogens (tertiary/aromatic N) is 2. The third kappa shape index (κ3) is 6.17. The SMILES string of the molecule is C=CC(=O)N1CCN(C[C@H](Oc2ccc(C(=O)NC)cc2)c2ccc(C(F)(F)F)cc2)C[C@H]1C. The van der Waals surface area contributed by atoms with Gasteiger partial charge in [0.2, 0.25) is 5.91 Å². The van der Waals surface area contributed by atoms with E-state index < -0.39 is 17.8 Å². The van der Waals surface area contributed by atoms with E-state index in [9.17, 15) is 22.8 Å². The molecule has 1 heterocycles. The van der Waals surface area contributed by atoms with Gasteiger partial charge in [-0.2, -0.15) is 13.2 Å². The van der Waals surface area contributed by atoms with Crippen molar-refractivity contribution in [2.75, 3.05) is 33.2 Å². The van der Waals surface area contributed by atoms with Crippen LogP contribution in [-0.2, 0) is 11.0 Å². The molecule has 0 aliphatic carbocycles. The fourth-order valence-electron chi connectivity index (χ4n) is 3.97. The average Bonchev–Trinajstić information content (AvgIpc) is 2.82. The second-order valence-electron chi connectivity index (χ2n) is 8.17. The molecule has 0 saturated carbocycles. The topological polar surface area (TPSA) is 61.9 Å². The zero-order valence-electron chi connectivity index (χ0n) is 19.1. The van der Waals surface area contributed by atoms with E-state index in [4.69, 9.17) is 4.74 Å². The Bertz CT molecular complexity index is 1010. The first kappa shape index (κ1) is 25.3. The molecule has 1 aliphatic heterocycles. The summed E-state index contributed by atoms with van der Waals surface area (Å²) < 4.78 is 45.3. The number of carbonyl (C=O) groups is 2. The van der Waals surface area contributed by atoms with E-state index in [1.807, 2.05) is 6.92 Å². The Balaban J connectivity index is 1.80. The lowest BCUT2D eigenvalue weighted by molar-refractivity contribution is -0.137. The Morgan fingerprint density at radius 3 is 2.32 bits per heavy atom. The molecule has 0 unspecified atom stereocenters. The maximum Gasteiger partial charge on any atom is 0.416 e. The number of hydrogen-bond donors (Lipinski definition) is 1. The number of amides is 2. The molecule has 1 N–H and O–H groups in total. The Kier molecular flexibility index (Phi) is 7.98. The monoisotopic (exact) mass is 475 g/mol. The second-order valence-corrected chi connectivity index (χ2v) is 8.17. The van der Waals surface area contributed by atoms with Gasteiger partial charge in [-0.3, -0.25) is 14.5 Å². The molecule has 34 heavy (non-hydrogen) atoms. The van der Waals surface area contributed by atoms with Crippen molar-refractivity contribution in [3.63, 3.8) is 0 Å². The minimum Gasteiger partial charge on any atom is -0.484 e. The average molecular weight is 476 g/mol. The highest BCUT2D eigenvalue weighted by atomic mass is 19.4. The van der Waals surface area contributed by atoms with Crippen LogP contribution in [0.5, 0.6) is 5.75 Å². The first-order valence-corrected chi connectivity index (χ1v) is 10.9. The number of hydrogen-bond acceptors (Lipinski definition) is 4. The van der Waals surface area contributed by atoms with Crippen molar-refractivity contribution in [1.29, 1.82) is 0 Å². The molecule has 2 amide bonds. The predicted molar refractivity (Wildman–Crippen MR) is 122 cm³/mol. The fraction of sp³-hybridized carbons (Fsp3) is 0.360. The first-order chi connectivity index (χ1) is 16.1. The van der Waals surface area contributed by atoms with Crippen LogP contribution in [0.1, 0.15) is 34.5 Å². The number of benzene rings is 2. The molecule has 0 radical (unpaired) electrons. The summed E-state index contributed by atoms with van der Waals surface area (Å²) >= 11 is 0. The number of piperazine rings is 1. The van der Waals surface area contributed by atoms with Gasteiger partial charge >= 0.3 is 6.18 Å². The number of halogens is 3. The minimum atomic E-state index is -4.42. The Labute approximate surface area is 197 Å². The van der Waals surface area contributed by atoms with Crippen LogP contribution < -0.4 is 10.1 Å². The fourth-order valence-corrected chi connectivity index (χ4v) is 3.97. The smallest absolute Gasteiger partial charge is 0.416 e. The minimum absolute atomic E-state index is 0.0423. The largest absolute Gasteiger partial charge is 0.484 e. The molecular weight excluding hydrogens is 447 g/mol. The van der Waals surface area contributed by atoms with Crippen LogP contribution in [0.2, 0.25) is 0 Å². The molecule has 1 saturated heterocycles. The highest BCUT2D eigenvalue weighted by Gasteiger charge is 2.31. The number of ether oxygens (including phenoxy) is 1. The van der Waals surface area contributed by atoms with Crippen LogP contribution in [0.25, 0.3) is 0 Å². The van der Waals surface area contributed by atoms with Crippen molar-refractivity contribution < 1.29 is 27.5 Å². The maximum absolute atomic E-state index is 13.0. The number of rotatable bonds is 7. The van der Waals surface area contributed by atoms with Crippen molar-refractivity contribution >= 4 is 11.8 Å². The number of nitrogens with one attached hydrogen (secondary N) is 1. The van der Waals surface area contributed by atoms with Gasteiger partial charge in [0, 0.05) is 44.8 Å². The van der Waals surface area contributed by atoms with Gasteiger partial charge in [-0.15, -0.1) is 0 Å². The summed E-state index contributed by atoms with van der Waals surface area (Å²) in [5.74, 6) is 0.136. The van der Waals surface area contributed by atoms with Crippen LogP contribution in [0.3, 0.4) is 0 Å². The maximum atomic E-state index is 13.0. The van der Waals surface area contributed by atoms with Crippen molar-refractivity contribution in [3.8, 4) is 5.75 Å². The van der Waals surface area contributed by atoms with Crippen LogP contribution in [0.15, 0.2) is 61.2 Å². The van der Waals surface area contributed by atoms with Crippen LogP contribution in [-0.4, -0.2) is 60.9 Å². The van der Waals surface area contributed by atoms with Gasteiger partial charge in [0.15, 0.2) is 0 Å². The van der Waals surface area contributed by atoms with E-state index in [0.717, 1.165) is 12.1 Å². The standard InChI is InChI=1S/C25H28F3N3O3/c1-4-23(32)31-14-13-30(15-17(31)2)16-22(18-5-9-20(10-6-18)25(26,27)28)34-21-11-7-19(8-12-21)24(33)29-3/h4-12,17,22H,1,13-16H2,2-3H3,(H,29,33)/t17-,22+/m1/s1. The van der Waals surface area contributed by atoms with Gasteiger partial charge < -0.3 is 15.0 Å². The zero-order chi connectivity index (χ0) is 24.9. The Morgan fingerprint density at radius 2 is 1.79 bits per heavy atom. The summed E-state index contributed by atoms with van der Waals surface area (Å²) in [5.41, 5.74) is 0.341. The molecular formula is C25H28F3N3O3. The van der Waals surface area contributed by atoms with E-state index in [0.29, 0.717) is 43.1 Å². The molecule has 1 fully saturated rings. The third-order valence-electron chi connectivity index (χ3n) is 5.83.